The third kappa shape index (κ3) is 5.82. The number of anilines is 2. The summed E-state index contributed by atoms with van der Waals surface area (Å²) in [6.45, 7) is 4.13. The van der Waals surface area contributed by atoms with Gasteiger partial charge in [-0.1, -0.05) is 29.3 Å². The molecule has 0 saturated carbocycles. The Morgan fingerprint density at radius 1 is 0.935 bits per heavy atom. The maximum atomic E-state index is 13.3. The summed E-state index contributed by atoms with van der Waals surface area (Å²) in [4.78, 5) is 2.32. The Hall–Kier alpha value is -2.47. The number of hydrogen-bond acceptors (Lipinski definition) is 4. The molecule has 0 aromatic heterocycles. The smallest absolute Gasteiger partial charge is 0.124 e. The summed E-state index contributed by atoms with van der Waals surface area (Å²) in [6.07, 6.45) is 0. The molecular weight excluding hydrogens is 438 g/mol. The minimum atomic E-state index is -0.371. The quantitative estimate of drug-likeness (QED) is 0.457. The molecule has 1 heterocycles. The van der Waals surface area contributed by atoms with Gasteiger partial charge in [0.25, 0.3) is 0 Å². The first-order valence-corrected chi connectivity index (χ1v) is 10.9. The van der Waals surface area contributed by atoms with Gasteiger partial charge >= 0.3 is 0 Å². The monoisotopic (exact) mass is 460 g/mol. The second-order valence-corrected chi connectivity index (χ2v) is 8.12. The molecule has 0 bridgehead atoms. The molecule has 0 atom stereocenters. The van der Waals surface area contributed by atoms with E-state index in [1.165, 1.54) is 17.8 Å². The standard InChI is InChI=1S/C24H23Cl2FN2O2/c25-19-2-8-24(31-16-17-1-3-20(27)14-23(17)26)18(13-19)15-28-21-4-6-22(7-5-21)29-9-11-30-12-10-29/h1-8,13-14,28H,9-12,15-16H2. The van der Waals surface area contributed by atoms with Crippen molar-refractivity contribution in [3.05, 3.63) is 87.7 Å². The Morgan fingerprint density at radius 3 is 2.45 bits per heavy atom. The minimum absolute atomic E-state index is 0.238. The first kappa shape index (κ1) is 21.8. The fourth-order valence-corrected chi connectivity index (χ4v) is 3.85. The maximum Gasteiger partial charge on any atom is 0.124 e. The van der Waals surface area contributed by atoms with Gasteiger partial charge in [-0.05, 0) is 54.6 Å². The highest BCUT2D eigenvalue weighted by molar-refractivity contribution is 6.31. The fourth-order valence-electron chi connectivity index (χ4n) is 3.43. The third-order valence-corrected chi connectivity index (χ3v) is 5.73. The lowest BCUT2D eigenvalue weighted by molar-refractivity contribution is 0.122. The molecule has 162 valence electrons. The second kappa shape index (κ2) is 10.2. The van der Waals surface area contributed by atoms with Gasteiger partial charge < -0.3 is 19.7 Å². The Kier molecular flexibility index (Phi) is 7.17. The number of hydrogen-bond donors (Lipinski definition) is 1. The van der Waals surface area contributed by atoms with Crippen LogP contribution in [0.4, 0.5) is 15.8 Å². The minimum Gasteiger partial charge on any atom is -0.488 e. The molecule has 1 aliphatic rings. The molecule has 0 unspecified atom stereocenters. The third-order valence-electron chi connectivity index (χ3n) is 5.15. The number of ether oxygens (including phenoxy) is 2. The lowest BCUT2D eigenvalue weighted by Crippen LogP contribution is -2.36. The number of nitrogens with zero attached hydrogens (tertiary/aromatic N) is 1. The highest BCUT2D eigenvalue weighted by atomic mass is 35.5. The van der Waals surface area contributed by atoms with Crippen LogP contribution in [0.1, 0.15) is 11.1 Å². The molecule has 1 saturated heterocycles. The van der Waals surface area contributed by atoms with Crippen LogP contribution >= 0.6 is 23.2 Å². The van der Waals surface area contributed by atoms with Crippen LogP contribution in [0.5, 0.6) is 5.75 Å². The van der Waals surface area contributed by atoms with Crippen molar-refractivity contribution in [1.82, 2.24) is 0 Å². The summed E-state index contributed by atoms with van der Waals surface area (Å²) in [7, 11) is 0. The predicted molar refractivity (Wildman–Crippen MR) is 124 cm³/mol. The van der Waals surface area contributed by atoms with E-state index in [0.29, 0.717) is 22.3 Å². The number of morpholine rings is 1. The molecule has 1 aliphatic heterocycles. The van der Waals surface area contributed by atoms with Crippen LogP contribution in [0.25, 0.3) is 0 Å². The van der Waals surface area contributed by atoms with E-state index in [1.807, 2.05) is 12.1 Å². The Morgan fingerprint density at radius 2 is 1.71 bits per heavy atom. The second-order valence-electron chi connectivity index (χ2n) is 7.28. The van der Waals surface area contributed by atoms with Gasteiger partial charge in [0.15, 0.2) is 0 Å². The van der Waals surface area contributed by atoms with Crippen molar-refractivity contribution in [3.63, 3.8) is 0 Å². The van der Waals surface area contributed by atoms with E-state index in [-0.39, 0.29) is 12.4 Å². The summed E-state index contributed by atoms with van der Waals surface area (Å²) in [5, 5.41) is 4.39. The molecule has 0 amide bonds. The molecule has 1 fully saturated rings. The van der Waals surface area contributed by atoms with Crippen molar-refractivity contribution in [2.75, 3.05) is 36.5 Å². The normalized spacial score (nSPS) is 13.8. The van der Waals surface area contributed by atoms with E-state index in [0.717, 1.165) is 43.1 Å². The number of rotatable bonds is 7. The first-order valence-electron chi connectivity index (χ1n) is 10.1. The highest BCUT2D eigenvalue weighted by Gasteiger charge is 2.11. The van der Waals surface area contributed by atoms with E-state index in [1.54, 1.807) is 12.1 Å². The topological polar surface area (TPSA) is 33.7 Å². The van der Waals surface area contributed by atoms with E-state index < -0.39 is 0 Å². The van der Waals surface area contributed by atoms with E-state index in [2.05, 4.69) is 34.5 Å². The number of benzene rings is 3. The molecule has 31 heavy (non-hydrogen) atoms. The molecule has 0 radical (unpaired) electrons. The van der Waals surface area contributed by atoms with Crippen molar-refractivity contribution >= 4 is 34.6 Å². The molecule has 0 spiro atoms. The van der Waals surface area contributed by atoms with Crippen LogP contribution in [0.2, 0.25) is 10.0 Å². The van der Waals surface area contributed by atoms with E-state index >= 15 is 0 Å². The van der Waals surface area contributed by atoms with E-state index in [9.17, 15) is 4.39 Å². The summed E-state index contributed by atoms with van der Waals surface area (Å²) in [6, 6.07) is 18.1. The summed E-state index contributed by atoms with van der Waals surface area (Å²) in [5.41, 5.74) is 3.83. The Labute approximate surface area is 191 Å². The van der Waals surface area contributed by atoms with Gasteiger partial charge in [-0.25, -0.2) is 4.39 Å². The van der Waals surface area contributed by atoms with Crippen molar-refractivity contribution < 1.29 is 13.9 Å². The summed E-state index contributed by atoms with van der Waals surface area (Å²) >= 11 is 12.3. The van der Waals surface area contributed by atoms with Crippen molar-refractivity contribution in [1.29, 1.82) is 0 Å². The molecule has 4 rings (SSSR count). The van der Waals surface area contributed by atoms with Gasteiger partial charge in [0, 0.05) is 47.2 Å². The van der Waals surface area contributed by atoms with E-state index in [4.69, 9.17) is 32.7 Å². The van der Waals surface area contributed by atoms with Gasteiger partial charge in [-0.15, -0.1) is 0 Å². The van der Waals surface area contributed by atoms with Crippen LogP contribution in [-0.4, -0.2) is 26.3 Å². The van der Waals surface area contributed by atoms with Crippen molar-refractivity contribution in [2.45, 2.75) is 13.2 Å². The number of nitrogens with one attached hydrogen (secondary N) is 1. The zero-order valence-electron chi connectivity index (χ0n) is 16.9. The highest BCUT2D eigenvalue weighted by Crippen LogP contribution is 2.27. The molecule has 7 heteroatoms. The van der Waals surface area contributed by atoms with Crippen LogP contribution in [0.15, 0.2) is 60.7 Å². The SMILES string of the molecule is Fc1ccc(COc2ccc(Cl)cc2CNc2ccc(N3CCOCC3)cc2)c(Cl)c1. The largest absolute Gasteiger partial charge is 0.488 e. The molecular formula is C24H23Cl2FN2O2. The van der Waals surface area contributed by atoms with Crippen molar-refractivity contribution in [2.24, 2.45) is 0 Å². The van der Waals surface area contributed by atoms with Gasteiger partial charge in [0.2, 0.25) is 0 Å². The number of halogens is 3. The lowest BCUT2D eigenvalue weighted by Gasteiger charge is -2.29. The Bertz CT molecular complexity index is 1020. The lowest BCUT2D eigenvalue weighted by atomic mass is 10.2. The van der Waals surface area contributed by atoms with Gasteiger partial charge in [0.1, 0.15) is 18.2 Å². The molecule has 3 aromatic rings. The zero-order chi connectivity index (χ0) is 21.6. The fraction of sp³-hybridized carbons (Fsp3) is 0.250. The molecule has 0 aliphatic carbocycles. The Balaban J connectivity index is 1.40. The van der Waals surface area contributed by atoms with Crippen molar-refractivity contribution in [3.8, 4) is 5.75 Å². The summed E-state index contributed by atoms with van der Waals surface area (Å²) < 4.78 is 24.6. The van der Waals surface area contributed by atoms with Crippen LogP contribution in [-0.2, 0) is 17.9 Å². The van der Waals surface area contributed by atoms with Gasteiger partial charge in [-0.2, -0.15) is 0 Å². The van der Waals surface area contributed by atoms with Crippen LogP contribution in [0, 0.1) is 5.82 Å². The molecule has 3 aromatic carbocycles. The zero-order valence-corrected chi connectivity index (χ0v) is 18.4. The van der Waals surface area contributed by atoms with Crippen LogP contribution in [0.3, 0.4) is 0 Å². The van der Waals surface area contributed by atoms with Crippen LogP contribution < -0.4 is 15.0 Å². The molecule has 4 nitrogen and oxygen atoms in total. The maximum absolute atomic E-state index is 13.3. The van der Waals surface area contributed by atoms with Gasteiger partial charge in [-0.3, -0.25) is 0 Å². The summed E-state index contributed by atoms with van der Waals surface area (Å²) in [5.74, 6) is 0.326. The average Bonchev–Trinajstić information content (AvgIpc) is 2.79. The average molecular weight is 461 g/mol. The predicted octanol–water partition coefficient (Wildman–Crippen LogP) is 6.16. The molecule has 1 N–H and O–H groups in total. The first-order chi connectivity index (χ1) is 15.1. The van der Waals surface area contributed by atoms with Gasteiger partial charge in [0.05, 0.1) is 18.2 Å².